The van der Waals surface area contributed by atoms with E-state index in [1.165, 1.54) is 35.6 Å². The Hall–Kier alpha value is -2.00. The minimum atomic E-state index is -4.44. The minimum absolute atomic E-state index is 0.113. The van der Waals surface area contributed by atoms with Crippen LogP contribution in [-0.2, 0) is 6.18 Å². The molecule has 0 atom stereocenters. The topological polar surface area (TPSA) is 56.0 Å². The summed E-state index contributed by atoms with van der Waals surface area (Å²) in [6.45, 7) is 0. The molecule has 0 saturated carbocycles. The molecule has 0 aliphatic carbocycles. The molecule has 1 heterocycles. The molecule has 0 aliphatic rings. The SMILES string of the molecule is O=[N+]([O-])c1ccc(Br)c(-c2nc3cc(C(F)(F)F)ccc3s2)c1. The van der Waals surface area contributed by atoms with E-state index in [1.54, 1.807) is 0 Å². The number of fused-ring (bicyclic) bond motifs is 1. The Labute approximate surface area is 139 Å². The number of hydrogen-bond donors (Lipinski definition) is 0. The average Bonchev–Trinajstić information content (AvgIpc) is 2.89. The Balaban J connectivity index is 2.14. The molecule has 0 amide bonds. The van der Waals surface area contributed by atoms with Gasteiger partial charge in [0, 0.05) is 22.2 Å². The number of thiazole rings is 1. The van der Waals surface area contributed by atoms with Crippen molar-refractivity contribution in [3.8, 4) is 10.6 Å². The summed E-state index contributed by atoms with van der Waals surface area (Å²) >= 11 is 4.46. The van der Waals surface area contributed by atoms with Crippen LogP contribution in [0.3, 0.4) is 0 Å². The number of nitrogens with zero attached hydrogens (tertiary/aromatic N) is 2. The van der Waals surface area contributed by atoms with E-state index in [4.69, 9.17) is 0 Å². The maximum atomic E-state index is 12.7. The molecular formula is C14H6BrF3N2O2S. The zero-order chi connectivity index (χ0) is 16.8. The third-order valence-corrected chi connectivity index (χ3v) is 4.87. The lowest BCUT2D eigenvalue weighted by molar-refractivity contribution is -0.384. The van der Waals surface area contributed by atoms with Crippen molar-refractivity contribution in [2.45, 2.75) is 6.18 Å². The van der Waals surface area contributed by atoms with E-state index in [2.05, 4.69) is 20.9 Å². The summed E-state index contributed by atoms with van der Waals surface area (Å²) in [7, 11) is 0. The van der Waals surface area contributed by atoms with Gasteiger partial charge in [0.05, 0.1) is 20.7 Å². The quantitative estimate of drug-likeness (QED) is 0.410. The summed E-state index contributed by atoms with van der Waals surface area (Å²) in [4.78, 5) is 14.5. The van der Waals surface area contributed by atoms with Crippen LogP contribution in [-0.4, -0.2) is 9.91 Å². The van der Waals surface area contributed by atoms with Crippen molar-refractivity contribution in [1.29, 1.82) is 0 Å². The summed E-state index contributed by atoms with van der Waals surface area (Å²) in [5, 5.41) is 11.3. The highest BCUT2D eigenvalue weighted by atomic mass is 79.9. The normalized spacial score (nSPS) is 11.8. The van der Waals surface area contributed by atoms with Gasteiger partial charge in [0.25, 0.3) is 5.69 Å². The average molecular weight is 403 g/mol. The predicted molar refractivity (Wildman–Crippen MR) is 84.4 cm³/mol. The fourth-order valence-corrected chi connectivity index (χ4v) is 3.55. The number of nitro benzene ring substituents is 1. The van der Waals surface area contributed by atoms with Crippen LogP contribution in [0.2, 0.25) is 0 Å². The van der Waals surface area contributed by atoms with Crippen LogP contribution in [0.4, 0.5) is 18.9 Å². The Kier molecular flexibility index (Phi) is 3.85. The predicted octanol–water partition coefficient (Wildman–Crippen LogP) is 5.65. The molecule has 0 N–H and O–H groups in total. The van der Waals surface area contributed by atoms with Gasteiger partial charge >= 0.3 is 6.18 Å². The van der Waals surface area contributed by atoms with E-state index < -0.39 is 16.7 Å². The maximum Gasteiger partial charge on any atom is 0.416 e. The van der Waals surface area contributed by atoms with Crippen LogP contribution in [0.25, 0.3) is 20.8 Å². The van der Waals surface area contributed by atoms with Crippen LogP contribution in [0.1, 0.15) is 5.56 Å². The molecular weight excluding hydrogens is 397 g/mol. The smallest absolute Gasteiger partial charge is 0.258 e. The first kappa shape index (κ1) is 15.9. The van der Waals surface area contributed by atoms with Crippen LogP contribution in [0, 0.1) is 10.1 Å². The van der Waals surface area contributed by atoms with Crippen molar-refractivity contribution in [1.82, 2.24) is 4.98 Å². The van der Waals surface area contributed by atoms with Gasteiger partial charge in [-0.15, -0.1) is 11.3 Å². The second-order valence-corrected chi connectivity index (χ2v) is 6.51. The largest absolute Gasteiger partial charge is 0.416 e. The van der Waals surface area contributed by atoms with E-state index in [-0.39, 0.29) is 11.2 Å². The maximum absolute atomic E-state index is 12.7. The van der Waals surface area contributed by atoms with Crippen molar-refractivity contribution in [2.75, 3.05) is 0 Å². The lowest BCUT2D eigenvalue weighted by Gasteiger charge is -2.04. The van der Waals surface area contributed by atoms with Crippen LogP contribution in [0.15, 0.2) is 40.9 Å². The van der Waals surface area contributed by atoms with Crippen LogP contribution < -0.4 is 0 Å². The van der Waals surface area contributed by atoms with Crippen molar-refractivity contribution < 1.29 is 18.1 Å². The third kappa shape index (κ3) is 3.06. The van der Waals surface area contributed by atoms with Gasteiger partial charge in [-0.3, -0.25) is 10.1 Å². The number of halogens is 4. The van der Waals surface area contributed by atoms with Gasteiger partial charge < -0.3 is 0 Å². The number of hydrogen-bond acceptors (Lipinski definition) is 4. The van der Waals surface area contributed by atoms with E-state index >= 15 is 0 Å². The minimum Gasteiger partial charge on any atom is -0.258 e. The van der Waals surface area contributed by atoms with Crippen molar-refractivity contribution >= 4 is 43.2 Å². The number of alkyl halides is 3. The molecule has 0 bridgehead atoms. The van der Waals surface area contributed by atoms with E-state index in [0.717, 1.165) is 12.1 Å². The Morgan fingerprint density at radius 3 is 2.57 bits per heavy atom. The standard InChI is InChI=1S/C14H6BrF3N2O2S/c15-10-3-2-8(20(21)22)6-9(10)13-19-11-5-7(14(16,17)18)1-4-12(11)23-13/h1-6H. The molecule has 0 aliphatic heterocycles. The van der Waals surface area contributed by atoms with Crippen molar-refractivity contribution in [3.63, 3.8) is 0 Å². The molecule has 3 rings (SSSR count). The van der Waals surface area contributed by atoms with Gasteiger partial charge in [-0.1, -0.05) is 15.9 Å². The zero-order valence-corrected chi connectivity index (χ0v) is 13.5. The second kappa shape index (κ2) is 5.57. The summed E-state index contributed by atoms with van der Waals surface area (Å²) < 4.78 is 39.4. The first-order valence-corrected chi connectivity index (χ1v) is 7.79. The number of benzene rings is 2. The summed E-state index contributed by atoms with van der Waals surface area (Å²) in [5.41, 5.74) is -0.217. The van der Waals surface area contributed by atoms with Gasteiger partial charge in [-0.05, 0) is 24.3 Å². The van der Waals surface area contributed by atoms with Crippen molar-refractivity contribution in [3.05, 3.63) is 56.5 Å². The fraction of sp³-hybridized carbons (Fsp3) is 0.0714. The Bertz CT molecular complexity index is 924. The highest BCUT2D eigenvalue weighted by Gasteiger charge is 2.30. The molecule has 9 heteroatoms. The molecule has 23 heavy (non-hydrogen) atoms. The molecule has 3 aromatic rings. The molecule has 0 spiro atoms. The fourth-order valence-electron chi connectivity index (χ4n) is 2.01. The number of non-ortho nitro benzene ring substituents is 1. The molecule has 0 unspecified atom stereocenters. The first-order valence-electron chi connectivity index (χ1n) is 6.18. The lowest BCUT2D eigenvalue weighted by Crippen LogP contribution is -2.03. The van der Waals surface area contributed by atoms with Crippen LogP contribution in [0.5, 0.6) is 0 Å². The van der Waals surface area contributed by atoms with Gasteiger partial charge in [0.2, 0.25) is 0 Å². The molecule has 118 valence electrons. The summed E-state index contributed by atoms with van der Waals surface area (Å²) in [6, 6.07) is 7.51. The molecule has 0 radical (unpaired) electrons. The molecule has 0 saturated heterocycles. The third-order valence-electron chi connectivity index (χ3n) is 3.11. The molecule has 2 aromatic carbocycles. The highest BCUT2D eigenvalue weighted by molar-refractivity contribution is 9.10. The van der Waals surface area contributed by atoms with Crippen LogP contribution >= 0.6 is 27.3 Å². The summed E-state index contributed by atoms with van der Waals surface area (Å²) in [6.07, 6.45) is -4.44. The molecule has 4 nitrogen and oxygen atoms in total. The number of nitro groups is 1. The van der Waals surface area contributed by atoms with Gasteiger partial charge in [0.15, 0.2) is 0 Å². The second-order valence-electron chi connectivity index (χ2n) is 4.62. The van der Waals surface area contributed by atoms with E-state index in [1.807, 2.05) is 0 Å². The van der Waals surface area contributed by atoms with Gasteiger partial charge in [0.1, 0.15) is 5.01 Å². The number of rotatable bonds is 2. The first-order chi connectivity index (χ1) is 10.8. The highest BCUT2D eigenvalue weighted by Crippen LogP contribution is 2.38. The lowest BCUT2D eigenvalue weighted by atomic mass is 10.2. The Morgan fingerprint density at radius 1 is 1.17 bits per heavy atom. The van der Waals surface area contributed by atoms with Gasteiger partial charge in [-0.2, -0.15) is 13.2 Å². The Morgan fingerprint density at radius 2 is 1.91 bits per heavy atom. The van der Waals surface area contributed by atoms with E-state index in [0.29, 0.717) is 19.7 Å². The van der Waals surface area contributed by atoms with E-state index in [9.17, 15) is 23.3 Å². The zero-order valence-electron chi connectivity index (χ0n) is 11.1. The molecule has 1 aromatic heterocycles. The van der Waals surface area contributed by atoms with Crippen molar-refractivity contribution in [2.24, 2.45) is 0 Å². The number of aromatic nitrogens is 1. The summed E-state index contributed by atoms with van der Waals surface area (Å²) in [5.74, 6) is 0. The monoisotopic (exact) mass is 402 g/mol. The van der Waals surface area contributed by atoms with Gasteiger partial charge in [-0.25, -0.2) is 4.98 Å². The molecule has 0 fully saturated rings.